The second-order valence-electron chi connectivity index (χ2n) is 3.91. The Hall–Kier alpha value is -0.850. The highest BCUT2D eigenvalue weighted by Gasteiger charge is 2.26. The zero-order valence-electron chi connectivity index (χ0n) is 9.61. The number of hydrogen-bond acceptors (Lipinski definition) is 4. The number of rotatable bonds is 3. The van der Waals surface area contributed by atoms with Crippen molar-refractivity contribution >= 4 is 21.8 Å². The fourth-order valence-electron chi connectivity index (χ4n) is 1.84. The van der Waals surface area contributed by atoms with Crippen molar-refractivity contribution in [3.05, 3.63) is 22.6 Å². The quantitative estimate of drug-likeness (QED) is 0.908. The third-order valence-electron chi connectivity index (χ3n) is 2.64. The van der Waals surface area contributed by atoms with E-state index in [4.69, 9.17) is 9.15 Å². The minimum absolute atomic E-state index is 0.0519. The molecular weight excluding hydrogens is 288 g/mol. The number of hydrogen-bond donors (Lipinski definition) is 1. The molecule has 1 aromatic rings. The highest BCUT2D eigenvalue weighted by molar-refractivity contribution is 9.10. The van der Waals surface area contributed by atoms with Crippen LogP contribution in [0.15, 0.2) is 21.2 Å². The molecule has 0 spiro atoms. The lowest BCUT2D eigenvalue weighted by atomic mass is 10.2. The van der Waals surface area contributed by atoms with E-state index in [1.165, 1.54) is 0 Å². The van der Waals surface area contributed by atoms with E-state index in [1.54, 1.807) is 17.0 Å². The zero-order valence-corrected chi connectivity index (χ0v) is 11.2. The van der Waals surface area contributed by atoms with E-state index in [1.807, 2.05) is 7.05 Å². The third-order valence-corrected chi connectivity index (χ3v) is 3.07. The van der Waals surface area contributed by atoms with Crippen molar-refractivity contribution in [3.8, 4) is 0 Å². The number of carbonyl (C=O) groups is 1. The van der Waals surface area contributed by atoms with Gasteiger partial charge in [-0.05, 0) is 35.1 Å². The molecule has 2 rings (SSSR count). The van der Waals surface area contributed by atoms with Crippen LogP contribution in [0, 0.1) is 0 Å². The highest BCUT2D eigenvalue weighted by Crippen LogP contribution is 2.17. The van der Waals surface area contributed by atoms with Gasteiger partial charge in [-0.2, -0.15) is 0 Å². The van der Waals surface area contributed by atoms with Gasteiger partial charge < -0.3 is 19.4 Å². The Morgan fingerprint density at radius 3 is 3.12 bits per heavy atom. The van der Waals surface area contributed by atoms with Gasteiger partial charge in [0.25, 0.3) is 5.91 Å². The Bertz CT molecular complexity index is 392. The molecule has 0 radical (unpaired) electrons. The molecule has 1 aliphatic rings. The molecule has 5 nitrogen and oxygen atoms in total. The Labute approximate surface area is 108 Å². The maximum Gasteiger partial charge on any atom is 0.289 e. The summed E-state index contributed by atoms with van der Waals surface area (Å²) in [4.78, 5) is 13.9. The van der Waals surface area contributed by atoms with E-state index in [0.717, 1.165) is 6.54 Å². The molecule has 0 saturated carbocycles. The van der Waals surface area contributed by atoms with Crippen LogP contribution in [0.25, 0.3) is 0 Å². The summed E-state index contributed by atoms with van der Waals surface area (Å²) in [6.07, 6.45) is 0.0519. The molecule has 1 aliphatic heterocycles. The van der Waals surface area contributed by atoms with Crippen molar-refractivity contribution in [3.63, 3.8) is 0 Å². The number of nitrogens with zero attached hydrogens (tertiary/aromatic N) is 1. The van der Waals surface area contributed by atoms with E-state index in [9.17, 15) is 4.79 Å². The van der Waals surface area contributed by atoms with Crippen molar-refractivity contribution in [2.75, 3.05) is 33.3 Å². The van der Waals surface area contributed by atoms with E-state index < -0.39 is 0 Å². The summed E-state index contributed by atoms with van der Waals surface area (Å²) in [6, 6.07) is 3.40. The van der Waals surface area contributed by atoms with Gasteiger partial charge in [-0.15, -0.1) is 0 Å². The molecule has 2 heterocycles. The molecule has 1 amide bonds. The average molecular weight is 303 g/mol. The normalized spacial score (nSPS) is 20.6. The first-order chi connectivity index (χ1) is 8.20. The van der Waals surface area contributed by atoms with Crippen molar-refractivity contribution in [1.29, 1.82) is 0 Å². The van der Waals surface area contributed by atoms with E-state index in [2.05, 4.69) is 21.2 Å². The van der Waals surface area contributed by atoms with Crippen LogP contribution in [-0.4, -0.2) is 50.2 Å². The molecule has 1 atom stereocenters. The van der Waals surface area contributed by atoms with Crippen LogP contribution in [-0.2, 0) is 4.74 Å². The third kappa shape index (κ3) is 3.08. The number of morpholine rings is 1. The predicted octanol–water partition coefficient (Wildman–Crippen LogP) is 1.10. The molecule has 1 aromatic heterocycles. The van der Waals surface area contributed by atoms with Crippen LogP contribution >= 0.6 is 15.9 Å². The summed E-state index contributed by atoms with van der Waals surface area (Å²) >= 11 is 3.19. The number of carbonyl (C=O) groups excluding carboxylic acids is 1. The lowest BCUT2D eigenvalue weighted by Crippen LogP contribution is -2.48. The van der Waals surface area contributed by atoms with Gasteiger partial charge in [0, 0.05) is 19.6 Å². The van der Waals surface area contributed by atoms with Crippen LogP contribution in [0.1, 0.15) is 10.6 Å². The van der Waals surface area contributed by atoms with Crippen LogP contribution in [0.4, 0.5) is 0 Å². The van der Waals surface area contributed by atoms with Crippen molar-refractivity contribution in [1.82, 2.24) is 10.2 Å². The second-order valence-corrected chi connectivity index (χ2v) is 4.69. The van der Waals surface area contributed by atoms with Crippen molar-refractivity contribution < 1.29 is 13.9 Å². The molecular formula is C11H15BrN2O3. The van der Waals surface area contributed by atoms with Crippen molar-refractivity contribution in [2.45, 2.75) is 6.10 Å². The Morgan fingerprint density at radius 2 is 2.47 bits per heavy atom. The number of amides is 1. The standard InChI is InChI=1S/C11H15BrN2O3/c1-13-6-8-7-14(4-5-16-8)11(15)9-2-3-10(12)17-9/h2-3,8,13H,4-7H2,1H3. The molecule has 1 saturated heterocycles. The van der Waals surface area contributed by atoms with Gasteiger partial charge in [0.1, 0.15) is 0 Å². The van der Waals surface area contributed by atoms with Gasteiger partial charge in [0.05, 0.1) is 12.7 Å². The maximum absolute atomic E-state index is 12.1. The summed E-state index contributed by atoms with van der Waals surface area (Å²) < 4.78 is 11.4. The SMILES string of the molecule is CNCC1CN(C(=O)c2ccc(Br)o2)CCO1. The van der Waals surface area contributed by atoms with Crippen LogP contribution in [0.2, 0.25) is 0 Å². The topological polar surface area (TPSA) is 54.7 Å². The summed E-state index contributed by atoms with van der Waals surface area (Å²) in [5.74, 6) is 0.280. The minimum atomic E-state index is -0.0832. The Kier molecular flexibility index (Phi) is 4.20. The van der Waals surface area contributed by atoms with Gasteiger partial charge in [0.15, 0.2) is 10.4 Å². The molecule has 0 aliphatic carbocycles. The van der Waals surface area contributed by atoms with Crippen LogP contribution in [0.3, 0.4) is 0 Å². The monoisotopic (exact) mass is 302 g/mol. The average Bonchev–Trinajstić information content (AvgIpc) is 2.76. The second kappa shape index (κ2) is 5.66. The summed E-state index contributed by atoms with van der Waals surface area (Å²) in [5.41, 5.74) is 0. The number of ether oxygens (including phenoxy) is 1. The molecule has 94 valence electrons. The lowest BCUT2D eigenvalue weighted by molar-refractivity contribution is -0.0206. The van der Waals surface area contributed by atoms with E-state index in [0.29, 0.717) is 30.1 Å². The largest absolute Gasteiger partial charge is 0.444 e. The molecule has 6 heteroatoms. The molecule has 17 heavy (non-hydrogen) atoms. The fourth-order valence-corrected chi connectivity index (χ4v) is 2.15. The first kappa shape index (κ1) is 12.6. The highest BCUT2D eigenvalue weighted by atomic mass is 79.9. The number of furan rings is 1. The van der Waals surface area contributed by atoms with Gasteiger partial charge >= 0.3 is 0 Å². The van der Waals surface area contributed by atoms with E-state index in [-0.39, 0.29) is 12.0 Å². The molecule has 1 unspecified atom stereocenters. The van der Waals surface area contributed by atoms with Crippen molar-refractivity contribution in [2.24, 2.45) is 0 Å². The minimum Gasteiger partial charge on any atom is -0.444 e. The number of halogens is 1. The molecule has 0 aromatic carbocycles. The van der Waals surface area contributed by atoms with E-state index >= 15 is 0 Å². The number of nitrogens with one attached hydrogen (secondary N) is 1. The van der Waals surface area contributed by atoms with Crippen LogP contribution < -0.4 is 5.32 Å². The molecule has 1 fully saturated rings. The first-order valence-corrected chi connectivity index (χ1v) is 6.31. The Balaban J connectivity index is 1.99. The fraction of sp³-hybridized carbons (Fsp3) is 0.545. The van der Waals surface area contributed by atoms with Gasteiger partial charge in [-0.25, -0.2) is 0 Å². The smallest absolute Gasteiger partial charge is 0.289 e. The Morgan fingerprint density at radius 1 is 1.65 bits per heavy atom. The molecule has 0 bridgehead atoms. The number of likely N-dealkylation sites (N-methyl/N-ethyl adjacent to an activating group) is 1. The molecule has 1 N–H and O–H groups in total. The van der Waals surface area contributed by atoms with Gasteiger partial charge in [-0.3, -0.25) is 4.79 Å². The first-order valence-electron chi connectivity index (χ1n) is 5.51. The zero-order chi connectivity index (χ0) is 12.3. The summed E-state index contributed by atoms with van der Waals surface area (Å²) in [7, 11) is 1.87. The van der Waals surface area contributed by atoms with Gasteiger partial charge in [0.2, 0.25) is 0 Å². The maximum atomic E-state index is 12.1. The van der Waals surface area contributed by atoms with Gasteiger partial charge in [-0.1, -0.05) is 0 Å². The summed E-state index contributed by atoms with van der Waals surface area (Å²) in [6.45, 7) is 2.51. The summed E-state index contributed by atoms with van der Waals surface area (Å²) in [5, 5.41) is 3.05. The predicted molar refractivity (Wildman–Crippen MR) is 66.0 cm³/mol. The lowest BCUT2D eigenvalue weighted by Gasteiger charge is -2.32. The van der Waals surface area contributed by atoms with Crippen LogP contribution in [0.5, 0.6) is 0 Å².